The van der Waals surface area contributed by atoms with Crippen LogP contribution in [0.1, 0.15) is 5.69 Å². The van der Waals surface area contributed by atoms with E-state index in [1.54, 1.807) is 12.1 Å². The van der Waals surface area contributed by atoms with E-state index < -0.39 is 0 Å². The van der Waals surface area contributed by atoms with Crippen LogP contribution in [0.2, 0.25) is 0 Å². The van der Waals surface area contributed by atoms with E-state index in [0.717, 1.165) is 5.69 Å². The Kier molecular flexibility index (Phi) is 3.73. The number of nitrogens with two attached hydrogens (primary N) is 1. The molecule has 1 heterocycles. The van der Waals surface area contributed by atoms with E-state index in [9.17, 15) is 4.39 Å². The maximum atomic E-state index is 13.0. The predicted molar refractivity (Wildman–Crippen MR) is 72.0 cm³/mol. The number of nitrogens with one attached hydrogen (secondary N) is 2. The Morgan fingerprint density at radius 3 is 2.72 bits per heavy atom. The summed E-state index contributed by atoms with van der Waals surface area (Å²) in [6.45, 7) is 1.83. The van der Waals surface area contributed by atoms with Crippen LogP contribution >= 0.6 is 15.9 Å². The minimum atomic E-state index is -0.310. The third-order valence-corrected chi connectivity index (χ3v) is 2.83. The van der Waals surface area contributed by atoms with Gasteiger partial charge >= 0.3 is 0 Å². The van der Waals surface area contributed by atoms with Crippen molar-refractivity contribution in [1.82, 2.24) is 9.97 Å². The molecule has 5 nitrogen and oxygen atoms in total. The normalized spacial score (nSPS) is 10.2. The van der Waals surface area contributed by atoms with Gasteiger partial charge in [0.05, 0.1) is 5.69 Å². The first kappa shape index (κ1) is 12.7. The highest BCUT2D eigenvalue weighted by Gasteiger charge is 2.05. The predicted octanol–water partition coefficient (Wildman–Crippen LogP) is 2.72. The Morgan fingerprint density at radius 2 is 2.06 bits per heavy atom. The largest absolute Gasteiger partial charge is 0.339 e. The average molecular weight is 312 g/mol. The summed E-state index contributed by atoms with van der Waals surface area (Å²) in [6, 6.07) is 6.12. The van der Waals surface area contributed by atoms with Crippen molar-refractivity contribution in [2.45, 2.75) is 6.92 Å². The molecule has 0 aliphatic carbocycles. The molecule has 0 saturated heterocycles. The maximum Gasteiger partial charge on any atom is 0.239 e. The van der Waals surface area contributed by atoms with E-state index in [4.69, 9.17) is 5.84 Å². The molecular formula is C11H11BrFN5. The van der Waals surface area contributed by atoms with Gasteiger partial charge in [-0.2, -0.15) is 4.98 Å². The number of aromatic nitrogens is 2. The lowest BCUT2D eigenvalue weighted by molar-refractivity contribution is 0.627. The van der Waals surface area contributed by atoms with E-state index in [1.807, 2.05) is 6.92 Å². The van der Waals surface area contributed by atoms with Gasteiger partial charge in [-0.15, -0.1) is 0 Å². The van der Waals surface area contributed by atoms with Gasteiger partial charge in [0.25, 0.3) is 0 Å². The van der Waals surface area contributed by atoms with Gasteiger partial charge in [0.1, 0.15) is 11.6 Å². The number of hydrogen-bond donors (Lipinski definition) is 3. The molecule has 0 radical (unpaired) electrons. The molecule has 0 amide bonds. The molecule has 0 saturated carbocycles. The van der Waals surface area contributed by atoms with Crippen LogP contribution < -0.4 is 16.6 Å². The Balaban J connectivity index is 2.30. The zero-order valence-corrected chi connectivity index (χ0v) is 11.1. The van der Waals surface area contributed by atoms with E-state index in [-0.39, 0.29) is 5.82 Å². The van der Waals surface area contributed by atoms with Crippen molar-refractivity contribution in [3.8, 4) is 0 Å². The lowest BCUT2D eigenvalue weighted by Crippen LogP contribution is -2.11. The highest BCUT2D eigenvalue weighted by atomic mass is 79.9. The third kappa shape index (κ3) is 2.93. The molecule has 0 aliphatic heterocycles. The fourth-order valence-corrected chi connectivity index (χ4v) is 1.88. The fourth-order valence-electron chi connectivity index (χ4n) is 1.43. The number of rotatable bonds is 3. The van der Waals surface area contributed by atoms with Crippen molar-refractivity contribution >= 4 is 33.4 Å². The molecule has 0 spiro atoms. The highest BCUT2D eigenvalue weighted by molar-refractivity contribution is 9.10. The molecule has 0 fully saturated rings. The van der Waals surface area contributed by atoms with E-state index >= 15 is 0 Å². The van der Waals surface area contributed by atoms with Gasteiger partial charge in [0, 0.05) is 16.2 Å². The van der Waals surface area contributed by atoms with E-state index in [1.165, 1.54) is 12.1 Å². The SMILES string of the molecule is Cc1cc(Nc2ccc(F)cc2Br)nc(NN)n1. The summed E-state index contributed by atoms with van der Waals surface area (Å²) in [4.78, 5) is 8.21. The van der Waals surface area contributed by atoms with Gasteiger partial charge < -0.3 is 5.32 Å². The fraction of sp³-hybridized carbons (Fsp3) is 0.0909. The molecule has 94 valence electrons. The van der Waals surface area contributed by atoms with Gasteiger partial charge in [-0.3, -0.25) is 5.43 Å². The summed E-state index contributed by atoms with van der Waals surface area (Å²) in [7, 11) is 0. The van der Waals surface area contributed by atoms with E-state index in [0.29, 0.717) is 21.9 Å². The Labute approximate surface area is 112 Å². The number of hydrazine groups is 1. The highest BCUT2D eigenvalue weighted by Crippen LogP contribution is 2.26. The number of nitrogen functional groups attached to an aromatic ring is 1. The smallest absolute Gasteiger partial charge is 0.239 e. The Hall–Kier alpha value is -1.73. The average Bonchev–Trinajstić information content (AvgIpc) is 2.32. The summed E-state index contributed by atoms with van der Waals surface area (Å²) >= 11 is 3.27. The number of anilines is 3. The maximum absolute atomic E-state index is 13.0. The summed E-state index contributed by atoms with van der Waals surface area (Å²) in [5.41, 5.74) is 3.85. The van der Waals surface area contributed by atoms with Crippen molar-refractivity contribution in [3.63, 3.8) is 0 Å². The standard InChI is InChI=1S/C11H11BrFN5/c1-6-4-10(17-11(15-6)18-14)16-9-3-2-7(13)5-8(9)12/h2-5H,14H2,1H3,(H2,15,16,17,18). The number of hydrogen-bond acceptors (Lipinski definition) is 5. The first-order valence-electron chi connectivity index (χ1n) is 5.13. The van der Waals surface area contributed by atoms with Crippen molar-refractivity contribution in [2.75, 3.05) is 10.7 Å². The quantitative estimate of drug-likeness (QED) is 0.600. The number of halogens is 2. The number of benzene rings is 1. The molecule has 1 aromatic carbocycles. The van der Waals surface area contributed by atoms with Crippen LogP contribution in [0.3, 0.4) is 0 Å². The van der Waals surface area contributed by atoms with Crippen LogP contribution in [0, 0.1) is 12.7 Å². The molecule has 2 aromatic rings. The van der Waals surface area contributed by atoms with Crippen molar-refractivity contribution in [1.29, 1.82) is 0 Å². The van der Waals surface area contributed by atoms with Crippen LogP contribution in [0.4, 0.5) is 21.8 Å². The van der Waals surface area contributed by atoms with Gasteiger partial charge in [0.2, 0.25) is 5.95 Å². The molecule has 7 heteroatoms. The molecule has 18 heavy (non-hydrogen) atoms. The molecule has 0 bridgehead atoms. The molecule has 2 rings (SSSR count). The van der Waals surface area contributed by atoms with Crippen molar-refractivity contribution in [2.24, 2.45) is 5.84 Å². The summed E-state index contributed by atoms with van der Waals surface area (Å²) in [5.74, 6) is 5.85. The van der Waals surface area contributed by atoms with Crippen LogP contribution in [0.5, 0.6) is 0 Å². The third-order valence-electron chi connectivity index (χ3n) is 2.18. The zero-order valence-electron chi connectivity index (χ0n) is 9.54. The molecule has 0 aliphatic rings. The number of aryl methyl sites for hydroxylation is 1. The summed E-state index contributed by atoms with van der Waals surface area (Å²) in [6.07, 6.45) is 0. The Bertz CT molecular complexity index is 575. The molecular weight excluding hydrogens is 301 g/mol. The minimum absolute atomic E-state index is 0.310. The molecule has 0 unspecified atom stereocenters. The summed E-state index contributed by atoms with van der Waals surface area (Å²) < 4.78 is 13.6. The van der Waals surface area contributed by atoms with Gasteiger partial charge in [-0.1, -0.05) is 0 Å². The minimum Gasteiger partial charge on any atom is -0.339 e. The lowest BCUT2D eigenvalue weighted by atomic mass is 10.3. The molecule has 4 N–H and O–H groups in total. The van der Waals surface area contributed by atoms with E-state index in [2.05, 4.69) is 36.6 Å². The monoisotopic (exact) mass is 311 g/mol. The van der Waals surface area contributed by atoms with Crippen LogP contribution in [0.25, 0.3) is 0 Å². The topological polar surface area (TPSA) is 75.9 Å². The van der Waals surface area contributed by atoms with Gasteiger partial charge in [-0.05, 0) is 41.1 Å². The van der Waals surface area contributed by atoms with Crippen molar-refractivity contribution in [3.05, 3.63) is 40.2 Å². The molecule has 0 atom stereocenters. The van der Waals surface area contributed by atoms with Gasteiger partial charge in [0.15, 0.2) is 0 Å². The first-order valence-corrected chi connectivity index (χ1v) is 5.92. The van der Waals surface area contributed by atoms with Crippen LogP contribution in [-0.2, 0) is 0 Å². The second-order valence-corrected chi connectivity index (χ2v) is 4.47. The second-order valence-electron chi connectivity index (χ2n) is 3.61. The van der Waals surface area contributed by atoms with Gasteiger partial charge in [-0.25, -0.2) is 15.2 Å². The lowest BCUT2D eigenvalue weighted by Gasteiger charge is -2.09. The Morgan fingerprint density at radius 1 is 1.28 bits per heavy atom. The zero-order chi connectivity index (χ0) is 13.1. The summed E-state index contributed by atoms with van der Waals surface area (Å²) in [5, 5.41) is 3.05. The van der Waals surface area contributed by atoms with Crippen molar-refractivity contribution < 1.29 is 4.39 Å². The van der Waals surface area contributed by atoms with Crippen LogP contribution in [0.15, 0.2) is 28.7 Å². The molecule has 1 aromatic heterocycles. The second kappa shape index (κ2) is 5.28. The number of nitrogens with zero attached hydrogens (tertiary/aromatic N) is 2. The van der Waals surface area contributed by atoms with Crippen LogP contribution in [-0.4, -0.2) is 9.97 Å². The first-order chi connectivity index (χ1) is 8.58.